The second-order valence-corrected chi connectivity index (χ2v) is 7.17. The summed E-state index contributed by atoms with van der Waals surface area (Å²) in [5.41, 5.74) is -0.443. The lowest BCUT2D eigenvalue weighted by Gasteiger charge is -2.13. The zero-order chi connectivity index (χ0) is 21.2. The van der Waals surface area contributed by atoms with Gasteiger partial charge in [-0.05, 0) is 29.8 Å². The highest BCUT2D eigenvalue weighted by Gasteiger charge is 2.35. The summed E-state index contributed by atoms with van der Waals surface area (Å²) in [4.78, 5) is 24.9. The molecule has 0 aliphatic rings. The number of hydrogen-bond acceptors (Lipinski definition) is 4. The fourth-order valence-electron chi connectivity index (χ4n) is 2.70. The predicted molar refractivity (Wildman–Crippen MR) is 106 cm³/mol. The van der Waals surface area contributed by atoms with Crippen molar-refractivity contribution in [3.05, 3.63) is 75.6 Å². The first-order valence-corrected chi connectivity index (χ1v) is 9.41. The average Bonchev–Trinajstić information content (AvgIpc) is 3.10. The summed E-state index contributed by atoms with van der Waals surface area (Å²) in [7, 11) is 1.18. The van der Waals surface area contributed by atoms with Gasteiger partial charge in [0.05, 0.1) is 18.2 Å². The van der Waals surface area contributed by atoms with E-state index in [-0.39, 0.29) is 10.6 Å². The summed E-state index contributed by atoms with van der Waals surface area (Å²) >= 11 is 6.89. The van der Waals surface area contributed by atoms with E-state index < -0.39 is 29.2 Å². The van der Waals surface area contributed by atoms with E-state index >= 15 is 0 Å². The van der Waals surface area contributed by atoms with E-state index in [0.29, 0.717) is 16.1 Å². The fourth-order valence-corrected chi connectivity index (χ4v) is 3.77. The van der Waals surface area contributed by atoms with Crippen LogP contribution in [0, 0.1) is 0 Å². The van der Waals surface area contributed by atoms with Crippen LogP contribution in [-0.4, -0.2) is 19.0 Å². The standard InChI is InChI=1S/C20H13ClF3NO3S/c1-28-19(27)16-14(11-6-8-12(21)9-7-11)10-29-18(16)25-17(26)13-4-2-3-5-15(13)20(22,23)24/h2-10H,1H3,(H,25,26). The molecule has 1 N–H and O–H groups in total. The summed E-state index contributed by atoms with van der Waals surface area (Å²) in [6.45, 7) is 0. The lowest BCUT2D eigenvalue weighted by atomic mass is 10.0. The molecule has 0 aliphatic heterocycles. The number of nitrogens with one attached hydrogen (secondary N) is 1. The molecule has 3 aromatic rings. The van der Waals surface area contributed by atoms with Crippen molar-refractivity contribution in [2.45, 2.75) is 6.18 Å². The van der Waals surface area contributed by atoms with Gasteiger partial charge in [0.15, 0.2) is 0 Å². The Balaban J connectivity index is 2.01. The van der Waals surface area contributed by atoms with E-state index in [1.807, 2.05) is 0 Å². The number of anilines is 1. The summed E-state index contributed by atoms with van der Waals surface area (Å²) in [6.07, 6.45) is -4.69. The molecule has 0 radical (unpaired) electrons. The molecule has 9 heteroatoms. The number of ether oxygens (including phenoxy) is 1. The minimum absolute atomic E-state index is 0.0534. The molecule has 1 amide bonds. The van der Waals surface area contributed by atoms with Crippen LogP contribution in [0.25, 0.3) is 11.1 Å². The summed E-state index contributed by atoms with van der Waals surface area (Å²) in [5.74, 6) is -1.71. The van der Waals surface area contributed by atoms with Gasteiger partial charge < -0.3 is 10.1 Å². The quantitative estimate of drug-likeness (QED) is 0.498. The summed E-state index contributed by atoms with van der Waals surface area (Å²) in [6, 6.07) is 11.1. The molecular weight excluding hydrogens is 427 g/mol. The van der Waals surface area contributed by atoms with Gasteiger partial charge in [-0.15, -0.1) is 11.3 Å². The molecule has 0 fully saturated rings. The highest BCUT2D eigenvalue weighted by Crippen LogP contribution is 2.38. The molecule has 1 heterocycles. The normalized spacial score (nSPS) is 11.2. The number of alkyl halides is 3. The maximum Gasteiger partial charge on any atom is 0.417 e. The van der Waals surface area contributed by atoms with Crippen molar-refractivity contribution in [2.24, 2.45) is 0 Å². The van der Waals surface area contributed by atoms with Crippen LogP contribution in [0.15, 0.2) is 53.9 Å². The van der Waals surface area contributed by atoms with E-state index in [2.05, 4.69) is 5.32 Å². The van der Waals surface area contributed by atoms with Gasteiger partial charge in [-0.1, -0.05) is 35.9 Å². The number of esters is 1. The van der Waals surface area contributed by atoms with Crippen molar-refractivity contribution in [3.63, 3.8) is 0 Å². The maximum atomic E-state index is 13.2. The largest absolute Gasteiger partial charge is 0.465 e. The number of halogens is 4. The molecule has 3 rings (SSSR count). The Hall–Kier alpha value is -2.84. The Morgan fingerprint density at radius 2 is 1.72 bits per heavy atom. The third-order valence-corrected chi connectivity index (χ3v) is 5.19. The molecule has 29 heavy (non-hydrogen) atoms. The Labute approximate surface area is 172 Å². The number of rotatable bonds is 4. The van der Waals surface area contributed by atoms with Crippen molar-refractivity contribution in [1.29, 1.82) is 0 Å². The van der Waals surface area contributed by atoms with Gasteiger partial charge in [0.25, 0.3) is 5.91 Å². The van der Waals surface area contributed by atoms with Crippen molar-refractivity contribution in [3.8, 4) is 11.1 Å². The van der Waals surface area contributed by atoms with Crippen molar-refractivity contribution in [2.75, 3.05) is 12.4 Å². The van der Waals surface area contributed by atoms with E-state index in [0.717, 1.165) is 23.5 Å². The minimum Gasteiger partial charge on any atom is -0.465 e. The van der Waals surface area contributed by atoms with Gasteiger partial charge in [-0.25, -0.2) is 4.79 Å². The van der Waals surface area contributed by atoms with E-state index in [1.165, 1.54) is 19.2 Å². The molecule has 150 valence electrons. The Morgan fingerprint density at radius 3 is 2.34 bits per heavy atom. The van der Waals surface area contributed by atoms with Crippen LogP contribution in [0.4, 0.5) is 18.2 Å². The van der Waals surface area contributed by atoms with Crippen molar-refractivity contribution >= 4 is 39.8 Å². The Morgan fingerprint density at radius 1 is 1.07 bits per heavy atom. The number of methoxy groups -OCH3 is 1. The smallest absolute Gasteiger partial charge is 0.417 e. The fraction of sp³-hybridized carbons (Fsp3) is 0.100. The number of carbonyl (C=O) groups is 2. The second kappa shape index (κ2) is 8.26. The lowest BCUT2D eigenvalue weighted by Crippen LogP contribution is -2.19. The Kier molecular flexibility index (Phi) is 5.95. The SMILES string of the molecule is COC(=O)c1c(-c2ccc(Cl)cc2)csc1NC(=O)c1ccccc1C(F)(F)F. The zero-order valence-electron chi connectivity index (χ0n) is 14.8. The van der Waals surface area contributed by atoms with E-state index in [4.69, 9.17) is 16.3 Å². The average molecular weight is 440 g/mol. The molecule has 0 atom stereocenters. The van der Waals surface area contributed by atoms with Gasteiger partial charge in [0, 0.05) is 16.0 Å². The summed E-state index contributed by atoms with van der Waals surface area (Å²) < 4.78 is 44.4. The van der Waals surface area contributed by atoms with Crippen LogP contribution >= 0.6 is 22.9 Å². The Bertz CT molecular complexity index is 1060. The van der Waals surface area contributed by atoms with Gasteiger partial charge in [-0.2, -0.15) is 13.2 Å². The van der Waals surface area contributed by atoms with Crippen LogP contribution in [-0.2, 0) is 10.9 Å². The molecule has 4 nitrogen and oxygen atoms in total. The third-order valence-electron chi connectivity index (χ3n) is 4.04. The molecular formula is C20H13ClF3NO3S. The van der Waals surface area contributed by atoms with Crippen molar-refractivity contribution < 1.29 is 27.5 Å². The van der Waals surface area contributed by atoms with Gasteiger partial charge >= 0.3 is 12.1 Å². The predicted octanol–water partition coefficient (Wildman–Crippen LogP) is 6.13. The molecule has 0 unspecified atom stereocenters. The molecule has 0 bridgehead atoms. The number of thiophene rings is 1. The lowest BCUT2D eigenvalue weighted by molar-refractivity contribution is -0.137. The molecule has 0 saturated heterocycles. The number of amides is 1. The first kappa shape index (κ1) is 20.9. The third kappa shape index (κ3) is 4.44. The van der Waals surface area contributed by atoms with Gasteiger partial charge in [-0.3, -0.25) is 4.79 Å². The van der Waals surface area contributed by atoms with Gasteiger partial charge in [0.1, 0.15) is 10.6 Å². The highest BCUT2D eigenvalue weighted by atomic mass is 35.5. The number of benzene rings is 2. The maximum absolute atomic E-state index is 13.2. The van der Waals surface area contributed by atoms with Gasteiger partial charge in [0.2, 0.25) is 0 Å². The minimum atomic E-state index is -4.69. The van der Waals surface area contributed by atoms with Crippen LogP contribution in [0.3, 0.4) is 0 Å². The molecule has 0 saturated carbocycles. The molecule has 0 spiro atoms. The first-order chi connectivity index (χ1) is 13.7. The zero-order valence-corrected chi connectivity index (χ0v) is 16.4. The molecule has 0 aliphatic carbocycles. The van der Waals surface area contributed by atoms with Crippen molar-refractivity contribution in [1.82, 2.24) is 0 Å². The monoisotopic (exact) mass is 439 g/mol. The first-order valence-electron chi connectivity index (χ1n) is 8.15. The molecule has 2 aromatic carbocycles. The van der Waals surface area contributed by atoms with E-state index in [1.54, 1.807) is 29.6 Å². The van der Waals surface area contributed by atoms with E-state index in [9.17, 15) is 22.8 Å². The van der Waals surface area contributed by atoms with Crippen LogP contribution in [0.5, 0.6) is 0 Å². The van der Waals surface area contributed by atoms with Crippen LogP contribution in [0.1, 0.15) is 26.3 Å². The second-order valence-electron chi connectivity index (χ2n) is 5.85. The molecule has 1 aromatic heterocycles. The number of hydrogen-bond donors (Lipinski definition) is 1. The number of carbonyl (C=O) groups excluding carboxylic acids is 2. The van der Waals surface area contributed by atoms with Crippen LogP contribution < -0.4 is 5.32 Å². The highest BCUT2D eigenvalue weighted by molar-refractivity contribution is 7.15. The topological polar surface area (TPSA) is 55.4 Å². The summed E-state index contributed by atoms with van der Waals surface area (Å²) in [5, 5.41) is 4.61. The van der Waals surface area contributed by atoms with Crippen LogP contribution in [0.2, 0.25) is 5.02 Å².